The predicted octanol–water partition coefficient (Wildman–Crippen LogP) is 2.23. The summed E-state index contributed by atoms with van der Waals surface area (Å²) in [6, 6.07) is -0.996. The number of carbonyl (C=O) groups is 3. The number of nitrogens with two attached hydrogens (primary N) is 1. The van der Waals surface area contributed by atoms with Crippen molar-refractivity contribution in [2.75, 3.05) is 20.8 Å². The summed E-state index contributed by atoms with van der Waals surface area (Å²) in [5.41, 5.74) is 5.44. The van der Waals surface area contributed by atoms with Gasteiger partial charge in [-0.2, -0.15) is 0 Å². The van der Waals surface area contributed by atoms with E-state index in [1.54, 1.807) is 0 Å². The van der Waals surface area contributed by atoms with Crippen LogP contribution in [0.2, 0.25) is 0 Å². The zero-order chi connectivity index (χ0) is 19.6. The Morgan fingerprint density at radius 1 is 0.923 bits per heavy atom. The van der Waals surface area contributed by atoms with Gasteiger partial charge in [0.15, 0.2) is 0 Å². The Bertz CT molecular complexity index is 438. The van der Waals surface area contributed by atoms with Crippen molar-refractivity contribution < 1.29 is 23.9 Å². The van der Waals surface area contributed by atoms with Crippen molar-refractivity contribution in [2.24, 2.45) is 5.73 Å². The molecule has 0 aromatic heterocycles. The lowest BCUT2D eigenvalue weighted by Gasteiger charge is -2.15. The fourth-order valence-corrected chi connectivity index (χ4v) is 2.40. The summed E-state index contributed by atoms with van der Waals surface area (Å²) >= 11 is 0. The molecule has 0 aliphatic carbocycles. The van der Waals surface area contributed by atoms with Gasteiger partial charge in [-0.25, -0.2) is 4.79 Å². The van der Waals surface area contributed by atoms with Gasteiger partial charge < -0.3 is 20.5 Å². The number of esters is 2. The van der Waals surface area contributed by atoms with Crippen molar-refractivity contribution in [3.05, 3.63) is 12.2 Å². The predicted molar refractivity (Wildman–Crippen MR) is 100 cm³/mol. The normalized spacial score (nSPS) is 12.0. The number of amides is 1. The largest absolute Gasteiger partial charge is 0.469 e. The van der Waals surface area contributed by atoms with Crippen LogP contribution in [0.5, 0.6) is 0 Å². The number of unbranched alkanes of at least 4 members (excludes halogenated alkanes) is 6. The molecule has 7 heteroatoms. The van der Waals surface area contributed by atoms with Gasteiger partial charge in [0.25, 0.3) is 0 Å². The van der Waals surface area contributed by atoms with Gasteiger partial charge in [-0.15, -0.1) is 0 Å². The number of allylic oxidation sites excluding steroid dienone is 2. The fourth-order valence-electron chi connectivity index (χ4n) is 2.40. The van der Waals surface area contributed by atoms with Crippen molar-refractivity contribution in [1.82, 2.24) is 5.32 Å². The van der Waals surface area contributed by atoms with Gasteiger partial charge in [-0.3, -0.25) is 9.59 Å². The van der Waals surface area contributed by atoms with Crippen LogP contribution in [0.25, 0.3) is 0 Å². The third-order valence-corrected chi connectivity index (χ3v) is 3.94. The number of nitrogens with one attached hydrogen (secondary N) is 1. The van der Waals surface area contributed by atoms with E-state index in [9.17, 15) is 14.4 Å². The minimum atomic E-state index is -0.996. The van der Waals surface area contributed by atoms with Crippen LogP contribution in [0.3, 0.4) is 0 Å². The molecule has 1 amide bonds. The minimum absolute atomic E-state index is 0.230. The molecule has 26 heavy (non-hydrogen) atoms. The first-order valence-corrected chi connectivity index (χ1v) is 9.34. The lowest BCUT2D eigenvalue weighted by molar-refractivity contribution is -0.150. The summed E-state index contributed by atoms with van der Waals surface area (Å²) < 4.78 is 9.12. The summed E-state index contributed by atoms with van der Waals surface area (Å²) in [7, 11) is 2.44. The molecule has 0 bridgehead atoms. The third-order valence-electron chi connectivity index (χ3n) is 3.94. The highest BCUT2D eigenvalue weighted by Crippen LogP contribution is 2.07. The van der Waals surface area contributed by atoms with Gasteiger partial charge in [0, 0.05) is 6.42 Å². The van der Waals surface area contributed by atoms with Gasteiger partial charge >= 0.3 is 11.9 Å². The van der Waals surface area contributed by atoms with Crippen molar-refractivity contribution in [1.29, 1.82) is 0 Å². The van der Waals surface area contributed by atoms with Gasteiger partial charge in [-0.1, -0.05) is 25.0 Å². The zero-order valence-corrected chi connectivity index (χ0v) is 16.1. The van der Waals surface area contributed by atoms with Crippen LogP contribution in [0.4, 0.5) is 0 Å². The Kier molecular flexibility index (Phi) is 15.4. The summed E-state index contributed by atoms with van der Waals surface area (Å²) in [6.07, 6.45) is 12.7. The quantitative estimate of drug-likeness (QED) is 0.260. The maximum absolute atomic E-state index is 11.9. The summed E-state index contributed by atoms with van der Waals surface area (Å²) in [5, 5.41) is 2.53. The van der Waals surface area contributed by atoms with Gasteiger partial charge in [0.05, 0.1) is 20.6 Å². The molecule has 0 aromatic carbocycles. The van der Waals surface area contributed by atoms with Crippen LogP contribution in [-0.4, -0.2) is 44.7 Å². The second kappa shape index (κ2) is 16.6. The molecule has 0 fully saturated rings. The lowest BCUT2D eigenvalue weighted by atomic mass is 10.1. The second-order valence-corrected chi connectivity index (χ2v) is 6.13. The summed E-state index contributed by atoms with van der Waals surface area (Å²) in [5.74, 6) is -1.48. The zero-order valence-electron chi connectivity index (χ0n) is 16.1. The van der Waals surface area contributed by atoms with E-state index in [-0.39, 0.29) is 12.3 Å². The van der Waals surface area contributed by atoms with Crippen LogP contribution >= 0.6 is 0 Å². The smallest absolute Gasteiger partial charge is 0.328 e. The van der Waals surface area contributed by atoms with Crippen molar-refractivity contribution in [2.45, 2.75) is 70.3 Å². The molecule has 150 valence electrons. The van der Waals surface area contributed by atoms with Crippen LogP contribution in [0, 0.1) is 0 Å². The number of methoxy groups -OCH3 is 2. The molecule has 0 saturated heterocycles. The Morgan fingerprint density at radius 3 is 2.12 bits per heavy atom. The van der Waals surface area contributed by atoms with Crippen LogP contribution < -0.4 is 11.1 Å². The van der Waals surface area contributed by atoms with Gasteiger partial charge in [0.1, 0.15) is 6.04 Å². The van der Waals surface area contributed by atoms with E-state index >= 15 is 0 Å². The van der Waals surface area contributed by atoms with E-state index in [1.165, 1.54) is 14.2 Å². The van der Waals surface area contributed by atoms with Crippen molar-refractivity contribution in [3.63, 3.8) is 0 Å². The van der Waals surface area contributed by atoms with Gasteiger partial charge in [0.2, 0.25) is 5.91 Å². The summed E-state index contributed by atoms with van der Waals surface area (Å²) in [4.78, 5) is 34.8. The highest BCUT2D eigenvalue weighted by atomic mass is 16.5. The Morgan fingerprint density at radius 2 is 1.54 bits per heavy atom. The molecule has 0 aliphatic heterocycles. The second-order valence-electron chi connectivity index (χ2n) is 6.13. The molecule has 0 unspecified atom stereocenters. The fraction of sp³-hybridized carbons (Fsp3) is 0.737. The molecule has 3 N–H and O–H groups in total. The van der Waals surface area contributed by atoms with E-state index in [0.29, 0.717) is 6.42 Å². The molecule has 0 heterocycles. The molecule has 0 aromatic rings. The SMILES string of the molecule is COC(=O)C[C@H](NC(=O)CCCCCC/C=C\CCCCN)C(=O)OC. The molecule has 0 radical (unpaired) electrons. The number of hydrogen-bond donors (Lipinski definition) is 2. The van der Waals surface area contributed by atoms with Crippen molar-refractivity contribution >= 4 is 17.8 Å². The molecule has 0 aliphatic rings. The van der Waals surface area contributed by atoms with E-state index in [2.05, 4.69) is 26.9 Å². The minimum Gasteiger partial charge on any atom is -0.469 e. The maximum atomic E-state index is 11.9. The molecular weight excluding hydrogens is 336 g/mol. The topological polar surface area (TPSA) is 108 Å². The Balaban J connectivity index is 3.82. The molecule has 7 nitrogen and oxygen atoms in total. The Labute approximate surface area is 156 Å². The molecule has 0 saturated carbocycles. The average molecular weight is 370 g/mol. The molecular formula is C19H34N2O5. The maximum Gasteiger partial charge on any atom is 0.328 e. The lowest BCUT2D eigenvalue weighted by Crippen LogP contribution is -2.43. The van der Waals surface area contributed by atoms with E-state index in [4.69, 9.17) is 5.73 Å². The highest BCUT2D eigenvalue weighted by molar-refractivity contribution is 5.87. The monoisotopic (exact) mass is 370 g/mol. The molecule has 0 spiro atoms. The number of rotatable bonds is 15. The van der Waals surface area contributed by atoms with Crippen LogP contribution in [0.1, 0.15) is 64.2 Å². The van der Waals surface area contributed by atoms with Gasteiger partial charge in [-0.05, 0) is 45.1 Å². The number of ether oxygens (including phenoxy) is 2. The standard InChI is InChI=1S/C19H34N2O5/c1-25-18(23)15-16(19(24)26-2)21-17(22)13-11-9-7-5-3-4-6-8-10-12-14-20/h4,6,16H,3,5,7-15,20H2,1-2H3,(H,21,22)/b6-4-/t16-/m0/s1. The first-order valence-electron chi connectivity index (χ1n) is 9.34. The van der Waals surface area contributed by atoms with Crippen LogP contribution in [-0.2, 0) is 23.9 Å². The number of carbonyl (C=O) groups excluding carboxylic acids is 3. The first kappa shape index (κ1) is 24.1. The molecule has 0 rings (SSSR count). The number of hydrogen-bond acceptors (Lipinski definition) is 6. The third kappa shape index (κ3) is 13.4. The molecule has 1 atom stereocenters. The van der Waals surface area contributed by atoms with Crippen LogP contribution in [0.15, 0.2) is 12.2 Å². The summed E-state index contributed by atoms with van der Waals surface area (Å²) in [6.45, 7) is 0.754. The Hall–Kier alpha value is -1.89. The van der Waals surface area contributed by atoms with Crippen molar-refractivity contribution in [3.8, 4) is 0 Å². The first-order chi connectivity index (χ1) is 12.5. The highest BCUT2D eigenvalue weighted by Gasteiger charge is 2.24. The van der Waals surface area contributed by atoms with E-state index in [1.807, 2.05) is 0 Å². The van der Waals surface area contributed by atoms with E-state index in [0.717, 1.165) is 57.9 Å². The van der Waals surface area contributed by atoms with E-state index < -0.39 is 18.0 Å². The average Bonchev–Trinajstić information content (AvgIpc) is 2.64.